The molecule has 0 heterocycles. The Morgan fingerprint density at radius 2 is 1.57 bits per heavy atom. The van der Waals surface area contributed by atoms with Crippen molar-refractivity contribution in [3.8, 4) is 22.6 Å². The highest BCUT2D eigenvalue weighted by Crippen LogP contribution is 2.36. The largest absolute Gasteiger partial charge is 0.494 e. The zero-order chi connectivity index (χ0) is 24.9. The fourth-order valence-corrected chi connectivity index (χ4v) is 4.50. The van der Waals surface area contributed by atoms with E-state index in [2.05, 4.69) is 0 Å². The van der Waals surface area contributed by atoms with Crippen molar-refractivity contribution in [1.82, 2.24) is 0 Å². The molecule has 4 rings (SSSR count). The van der Waals surface area contributed by atoms with Crippen LogP contribution in [-0.4, -0.2) is 25.8 Å². The molecule has 35 heavy (non-hydrogen) atoms. The van der Waals surface area contributed by atoms with Crippen LogP contribution in [-0.2, 0) is 4.74 Å². The number of carbonyl (C=O) groups is 1. The normalized spacial score (nSPS) is 17.7. The van der Waals surface area contributed by atoms with Crippen molar-refractivity contribution in [2.75, 3.05) is 13.7 Å². The van der Waals surface area contributed by atoms with E-state index < -0.39 is 29.0 Å². The quantitative estimate of drug-likeness (QED) is 0.266. The van der Waals surface area contributed by atoms with Crippen molar-refractivity contribution in [3.05, 3.63) is 83.2 Å². The Bertz CT molecular complexity index is 1190. The predicted molar refractivity (Wildman–Crippen MR) is 126 cm³/mol. The topological polar surface area (TPSA) is 44.8 Å². The summed E-state index contributed by atoms with van der Waals surface area (Å²) in [6.45, 7) is 2.25. The second-order valence-corrected chi connectivity index (χ2v) is 8.53. The minimum atomic E-state index is -1.21. The molecule has 0 atom stereocenters. The van der Waals surface area contributed by atoms with Crippen molar-refractivity contribution in [3.63, 3.8) is 0 Å². The first-order valence-electron chi connectivity index (χ1n) is 11.7. The zero-order valence-electron chi connectivity index (χ0n) is 19.7. The van der Waals surface area contributed by atoms with Crippen molar-refractivity contribution in [2.24, 2.45) is 0 Å². The Hall–Kier alpha value is -3.32. The lowest BCUT2D eigenvalue weighted by Crippen LogP contribution is -2.20. The average Bonchev–Trinajstić information content (AvgIpc) is 2.87. The molecule has 1 aliphatic carbocycles. The lowest BCUT2D eigenvalue weighted by Gasteiger charge is -2.28. The molecule has 184 valence electrons. The van der Waals surface area contributed by atoms with Gasteiger partial charge in [-0.1, -0.05) is 18.2 Å². The van der Waals surface area contributed by atoms with E-state index in [-0.39, 0.29) is 23.3 Å². The molecule has 0 amide bonds. The maximum Gasteiger partial charge on any atom is 0.346 e. The van der Waals surface area contributed by atoms with Gasteiger partial charge in [-0.2, -0.15) is 0 Å². The Morgan fingerprint density at radius 3 is 2.20 bits per heavy atom. The van der Waals surface area contributed by atoms with Crippen LogP contribution in [0, 0.1) is 17.5 Å². The van der Waals surface area contributed by atoms with Crippen LogP contribution in [0.4, 0.5) is 13.2 Å². The molecule has 3 aromatic rings. The number of halogens is 3. The molecular formula is C28H27F3O4. The third-order valence-corrected chi connectivity index (χ3v) is 6.41. The second kappa shape index (κ2) is 11.0. The summed E-state index contributed by atoms with van der Waals surface area (Å²) in [4.78, 5) is 12.5. The van der Waals surface area contributed by atoms with E-state index in [1.165, 1.54) is 30.3 Å². The zero-order valence-corrected chi connectivity index (χ0v) is 19.7. The van der Waals surface area contributed by atoms with Gasteiger partial charge in [-0.25, -0.2) is 18.0 Å². The van der Waals surface area contributed by atoms with E-state index in [0.29, 0.717) is 36.3 Å². The Balaban J connectivity index is 1.46. The number of hydrogen-bond donors (Lipinski definition) is 0. The summed E-state index contributed by atoms with van der Waals surface area (Å²) >= 11 is 0. The van der Waals surface area contributed by atoms with Crippen LogP contribution >= 0.6 is 0 Å². The van der Waals surface area contributed by atoms with Gasteiger partial charge in [0, 0.05) is 18.7 Å². The van der Waals surface area contributed by atoms with Gasteiger partial charge < -0.3 is 14.2 Å². The molecule has 0 aliphatic heterocycles. The molecule has 0 radical (unpaired) electrons. The van der Waals surface area contributed by atoms with Gasteiger partial charge in [-0.05, 0) is 80.0 Å². The lowest BCUT2D eigenvalue weighted by molar-refractivity contribution is 0.0654. The summed E-state index contributed by atoms with van der Waals surface area (Å²) < 4.78 is 59.9. The lowest BCUT2D eigenvalue weighted by atomic mass is 9.82. The van der Waals surface area contributed by atoms with E-state index in [1.54, 1.807) is 31.4 Å². The van der Waals surface area contributed by atoms with E-state index in [4.69, 9.17) is 14.2 Å². The molecular weight excluding hydrogens is 457 g/mol. The number of hydrogen-bond acceptors (Lipinski definition) is 4. The van der Waals surface area contributed by atoms with Crippen LogP contribution in [0.2, 0.25) is 0 Å². The van der Waals surface area contributed by atoms with Crippen molar-refractivity contribution in [2.45, 2.75) is 44.6 Å². The molecule has 1 aliphatic rings. The maximum atomic E-state index is 14.8. The summed E-state index contributed by atoms with van der Waals surface area (Å²) in [5.74, 6) is -3.23. The molecule has 0 saturated heterocycles. The fraction of sp³-hybridized carbons (Fsp3) is 0.321. The summed E-state index contributed by atoms with van der Waals surface area (Å²) in [6.07, 6.45) is 3.09. The van der Waals surface area contributed by atoms with Gasteiger partial charge in [0.15, 0.2) is 11.6 Å². The Morgan fingerprint density at radius 1 is 0.886 bits per heavy atom. The Kier molecular flexibility index (Phi) is 7.76. The summed E-state index contributed by atoms with van der Waals surface area (Å²) in [5.41, 5.74) is 0.721. The first-order chi connectivity index (χ1) is 16.9. The first kappa shape index (κ1) is 24.8. The van der Waals surface area contributed by atoms with Crippen LogP contribution in [0.15, 0.2) is 54.6 Å². The number of methoxy groups -OCH3 is 1. The van der Waals surface area contributed by atoms with Gasteiger partial charge >= 0.3 is 5.97 Å². The molecule has 4 nitrogen and oxygen atoms in total. The number of esters is 1. The van der Waals surface area contributed by atoms with E-state index in [0.717, 1.165) is 12.8 Å². The number of rotatable bonds is 7. The SMILES string of the molecule is CCOc1ccc(-c2ccc(OC(=O)c3ccc(C4CCC(OC)CC4)c(F)c3F)cc2)c(F)c1. The molecule has 1 saturated carbocycles. The smallest absolute Gasteiger partial charge is 0.346 e. The van der Waals surface area contributed by atoms with Crippen LogP contribution in [0.3, 0.4) is 0 Å². The summed E-state index contributed by atoms with van der Waals surface area (Å²) in [5, 5.41) is 0. The third kappa shape index (κ3) is 5.51. The molecule has 1 fully saturated rings. The van der Waals surface area contributed by atoms with Crippen LogP contribution in [0.1, 0.15) is 54.4 Å². The monoisotopic (exact) mass is 484 g/mol. The summed E-state index contributed by atoms with van der Waals surface area (Å²) in [6, 6.07) is 13.4. The van der Waals surface area contributed by atoms with Gasteiger partial charge in [0.1, 0.15) is 17.3 Å². The minimum Gasteiger partial charge on any atom is -0.494 e. The number of ether oxygens (including phenoxy) is 3. The maximum absolute atomic E-state index is 14.8. The van der Waals surface area contributed by atoms with Crippen LogP contribution in [0.5, 0.6) is 11.5 Å². The van der Waals surface area contributed by atoms with Crippen LogP contribution in [0.25, 0.3) is 11.1 Å². The van der Waals surface area contributed by atoms with Crippen molar-refractivity contribution in [1.29, 1.82) is 0 Å². The highest BCUT2D eigenvalue weighted by Gasteiger charge is 2.28. The van der Waals surface area contributed by atoms with E-state index in [9.17, 15) is 18.0 Å². The number of benzene rings is 3. The van der Waals surface area contributed by atoms with Gasteiger partial charge in [0.2, 0.25) is 0 Å². The molecule has 7 heteroatoms. The number of carbonyl (C=O) groups excluding carboxylic acids is 1. The highest BCUT2D eigenvalue weighted by molar-refractivity contribution is 5.91. The molecule has 0 spiro atoms. The summed E-state index contributed by atoms with van der Waals surface area (Å²) in [7, 11) is 1.65. The average molecular weight is 485 g/mol. The fourth-order valence-electron chi connectivity index (χ4n) is 4.50. The van der Waals surface area contributed by atoms with E-state index in [1.807, 2.05) is 6.92 Å². The van der Waals surface area contributed by atoms with Crippen molar-refractivity contribution < 1.29 is 32.2 Å². The minimum absolute atomic E-state index is 0.114. The van der Waals surface area contributed by atoms with Crippen molar-refractivity contribution >= 4 is 5.97 Å². The standard InChI is InChI=1S/C28H27F3O4/c1-3-34-21-12-13-22(25(29)16-21)17-6-10-20(11-7-17)35-28(32)24-15-14-23(26(30)27(24)31)18-4-8-19(33-2)9-5-18/h6-7,10-16,18-19H,3-5,8-9H2,1-2H3. The second-order valence-electron chi connectivity index (χ2n) is 8.53. The molecule has 0 N–H and O–H groups in total. The predicted octanol–water partition coefficient (Wildman–Crippen LogP) is 7.06. The third-order valence-electron chi connectivity index (χ3n) is 6.41. The molecule has 0 aromatic heterocycles. The van der Waals surface area contributed by atoms with Gasteiger partial charge in [-0.3, -0.25) is 0 Å². The van der Waals surface area contributed by atoms with Crippen LogP contribution < -0.4 is 9.47 Å². The van der Waals surface area contributed by atoms with Gasteiger partial charge in [0.05, 0.1) is 18.3 Å². The Labute approximate surface area is 202 Å². The molecule has 0 unspecified atom stereocenters. The van der Waals surface area contributed by atoms with E-state index >= 15 is 0 Å². The first-order valence-corrected chi connectivity index (χ1v) is 11.7. The molecule has 0 bridgehead atoms. The van der Waals surface area contributed by atoms with Gasteiger partial charge in [-0.15, -0.1) is 0 Å². The highest BCUT2D eigenvalue weighted by atomic mass is 19.2. The molecule has 3 aromatic carbocycles. The van der Waals surface area contributed by atoms with Gasteiger partial charge in [0.25, 0.3) is 0 Å².